The molecule has 3 aromatic carbocycles. The maximum Gasteiger partial charge on any atom is -0.0101 e. The molecule has 1 atom stereocenters. The zero-order valence-electron chi connectivity index (χ0n) is 18.1. The van der Waals surface area contributed by atoms with Crippen LogP contribution in [-0.2, 0) is 0 Å². The average molecular weight is 389 g/mol. The van der Waals surface area contributed by atoms with Gasteiger partial charge in [-0.2, -0.15) is 0 Å². The van der Waals surface area contributed by atoms with Gasteiger partial charge >= 0.3 is 0 Å². The van der Waals surface area contributed by atoms with Crippen molar-refractivity contribution >= 4 is 19.2 Å². The molecule has 1 heteroatoms. The van der Waals surface area contributed by atoms with E-state index in [2.05, 4.69) is 108 Å². The topological polar surface area (TPSA) is 0 Å². The summed E-state index contributed by atoms with van der Waals surface area (Å²) in [5.41, 5.74) is 7.31. The summed E-state index contributed by atoms with van der Waals surface area (Å²) >= 11 is 0. The van der Waals surface area contributed by atoms with E-state index in [-0.39, 0.29) is 0 Å². The molecule has 0 bridgehead atoms. The van der Waals surface area contributed by atoms with Crippen LogP contribution < -0.4 is 10.6 Å². The molecule has 0 spiro atoms. The fourth-order valence-electron chi connectivity index (χ4n) is 3.75. The molecule has 0 nitrogen and oxygen atoms in total. The first-order valence-corrected chi connectivity index (χ1v) is 11.5. The smallest absolute Gasteiger partial charge is 0.0101 e. The van der Waals surface area contributed by atoms with Crippen LogP contribution in [0.4, 0.5) is 0 Å². The highest BCUT2D eigenvalue weighted by Crippen LogP contribution is 2.39. The Balaban J connectivity index is 2.23. The summed E-state index contributed by atoms with van der Waals surface area (Å²) < 4.78 is 0. The van der Waals surface area contributed by atoms with E-state index in [9.17, 15) is 0 Å². The van der Waals surface area contributed by atoms with Crippen molar-refractivity contribution in [3.05, 3.63) is 83.4 Å². The molecule has 3 rings (SSSR count). The average Bonchev–Trinajstić information content (AvgIpc) is 2.68. The van der Waals surface area contributed by atoms with E-state index in [1.165, 1.54) is 38.4 Å². The zero-order valence-corrected chi connectivity index (χ0v) is 19.1. The predicted octanol–water partition coefficient (Wildman–Crippen LogP) is 7.35. The molecule has 0 aliphatic rings. The van der Waals surface area contributed by atoms with Gasteiger partial charge in [0.1, 0.15) is 0 Å². The first-order chi connectivity index (χ1) is 13.4. The minimum Gasteiger partial charge on any atom is -0.0622 e. The molecule has 146 valence electrons. The molecule has 0 aliphatic heterocycles. The minimum absolute atomic E-state index is 0.499. The number of hydrogen-bond acceptors (Lipinski definition) is 0. The zero-order chi connectivity index (χ0) is 20.3. The maximum absolute atomic E-state index is 2.46. The van der Waals surface area contributed by atoms with Gasteiger partial charge in [-0.3, -0.25) is 0 Å². The Labute approximate surface area is 173 Å². The van der Waals surface area contributed by atoms with Gasteiger partial charge in [0.15, 0.2) is 0 Å². The quantitative estimate of drug-likeness (QED) is 0.387. The standard InChI is InChI=1S/C27H33P/c1-18(2)21-16-24(19(3)4)27(25(17-21)20(5)6)23-14-10-11-15-26(23)28-22-12-8-7-9-13-22/h7-20,28H,1-6H3. The lowest BCUT2D eigenvalue weighted by molar-refractivity contribution is 0.808. The minimum atomic E-state index is 0.499. The van der Waals surface area contributed by atoms with Crippen LogP contribution in [0.1, 0.15) is 76.0 Å². The van der Waals surface area contributed by atoms with Crippen LogP contribution in [-0.4, -0.2) is 0 Å². The van der Waals surface area contributed by atoms with Crippen molar-refractivity contribution in [3.63, 3.8) is 0 Å². The molecule has 0 aromatic heterocycles. The Bertz CT molecular complexity index is 891. The van der Waals surface area contributed by atoms with E-state index in [1.807, 2.05) is 0 Å². The lowest BCUT2D eigenvalue weighted by Gasteiger charge is -2.24. The highest BCUT2D eigenvalue weighted by Gasteiger charge is 2.20. The summed E-state index contributed by atoms with van der Waals surface area (Å²) in [6.45, 7) is 13.9. The van der Waals surface area contributed by atoms with Crippen LogP contribution in [0.15, 0.2) is 66.7 Å². The molecule has 0 saturated heterocycles. The molecular weight excluding hydrogens is 355 g/mol. The summed E-state index contributed by atoms with van der Waals surface area (Å²) in [5.74, 6) is 1.55. The van der Waals surface area contributed by atoms with Crippen molar-refractivity contribution in [1.29, 1.82) is 0 Å². The van der Waals surface area contributed by atoms with Crippen LogP contribution in [0.2, 0.25) is 0 Å². The third kappa shape index (κ3) is 4.56. The van der Waals surface area contributed by atoms with Crippen molar-refractivity contribution in [3.8, 4) is 11.1 Å². The summed E-state index contributed by atoms with van der Waals surface area (Å²) in [6, 6.07) is 24.8. The van der Waals surface area contributed by atoms with Gasteiger partial charge in [-0.05, 0) is 56.2 Å². The molecule has 0 aliphatic carbocycles. The van der Waals surface area contributed by atoms with Gasteiger partial charge < -0.3 is 0 Å². The molecule has 0 radical (unpaired) electrons. The third-order valence-electron chi connectivity index (χ3n) is 5.38. The summed E-state index contributed by atoms with van der Waals surface area (Å²) in [4.78, 5) is 0. The fraction of sp³-hybridized carbons (Fsp3) is 0.333. The second-order valence-corrected chi connectivity index (χ2v) is 9.94. The molecule has 28 heavy (non-hydrogen) atoms. The first-order valence-electron chi connectivity index (χ1n) is 10.5. The van der Waals surface area contributed by atoms with Gasteiger partial charge in [0.25, 0.3) is 0 Å². The lowest BCUT2D eigenvalue weighted by Crippen LogP contribution is -2.10. The van der Waals surface area contributed by atoms with Crippen molar-refractivity contribution in [2.75, 3.05) is 0 Å². The van der Waals surface area contributed by atoms with Gasteiger partial charge in [0.2, 0.25) is 0 Å². The van der Waals surface area contributed by atoms with E-state index in [0.29, 0.717) is 26.3 Å². The Morgan fingerprint density at radius 3 is 1.68 bits per heavy atom. The van der Waals surface area contributed by atoms with Gasteiger partial charge in [-0.25, -0.2) is 0 Å². The molecule has 0 fully saturated rings. The Kier molecular flexibility index (Phi) is 6.73. The Morgan fingerprint density at radius 1 is 0.607 bits per heavy atom. The predicted molar refractivity (Wildman–Crippen MR) is 128 cm³/mol. The van der Waals surface area contributed by atoms with Crippen molar-refractivity contribution in [2.24, 2.45) is 0 Å². The normalized spacial score (nSPS) is 12.0. The van der Waals surface area contributed by atoms with E-state index in [1.54, 1.807) is 0 Å². The summed E-state index contributed by atoms with van der Waals surface area (Å²) in [7, 11) is 0.674. The second kappa shape index (κ2) is 9.06. The van der Waals surface area contributed by atoms with E-state index < -0.39 is 0 Å². The fourth-order valence-corrected chi connectivity index (χ4v) is 4.95. The molecule has 0 N–H and O–H groups in total. The number of hydrogen-bond donors (Lipinski definition) is 0. The summed E-state index contributed by atoms with van der Waals surface area (Å²) in [5, 5.41) is 2.83. The van der Waals surface area contributed by atoms with Crippen molar-refractivity contribution in [1.82, 2.24) is 0 Å². The largest absolute Gasteiger partial charge is 0.0622 e. The molecule has 1 unspecified atom stereocenters. The molecule has 3 aromatic rings. The number of benzene rings is 3. The van der Waals surface area contributed by atoms with Gasteiger partial charge in [0.05, 0.1) is 0 Å². The molecular formula is C27H33P. The highest BCUT2D eigenvalue weighted by atomic mass is 31.1. The van der Waals surface area contributed by atoms with E-state index in [4.69, 9.17) is 0 Å². The van der Waals surface area contributed by atoms with E-state index in [0.717, 1.165) is 0 Å². The van der Waals surface area contributed by atoms with Gasteiger partial charge in [-0.15, -0.1) is 0 Å². The van der Waals surface area contributed by atoms with E-state index >= 15 is 0 Å². The Hall–Kier alpha value is -1.91. The number of rotatable bonds is 6. The SMILES string of the molecule is CC(C)c1cc(C(C)C)c(-c2ccccc2Pc2ccccc2)c(C(C)C)c1. The van der Waals surface area contributed by atoms with Crippen LogP contribution in [0, 0.1) is 0 Å². The highest BCUT2D eigenvalue weighted by molar-refractivity contribution is 7.55. The van der Waals surface area contributed by atoms with Crippen LogP contribution >= 0.6 is 8.58 Å². The van der Waals surface area contributed by atoms with Crippen molar-refractivity contribution in [2.45, 2.75) is 59.3 Å². The van der Waals surface area contributed by atoms with Crippen LogP contribution in [0.3, 0.4) is 0 Å². The van der Waals surface area contributed by atoms with Gasteiger partial charge in [0, 0.05) is 0 Å². The summed E-state index contributed by atoms with van der Waals surface area (Å²) in [6.07, 6.45) is 0. The first kappa shape index (κ1) is 20.8. The Morgan fingerprint density at radius 2 is 1.14 bits per heavy atom. The van der Waals surface area contributed by atoms with Crippen LogP contribution in [0.25, 0.3) is 11.1 Å². The lowest BCUT2D eigenvalue weighted by atomic mass is 9.82. The molecule has 0 amide bonds. The van der Waals surface area contributed by atoms with Crippen molar-refractivity contribution < 1.29 is 0 Å². The molecule has 0 heterocycles. The maximum atomic E-state index is 2.46. The second-order valence-electron chi connectivity index (χ2n) is 8.58. The van der Waals surface area contributed by atoms with Crippen LogP contribution in [0.5, 0.6) is 0 Å². The monoisotopic (exact) mass is 388 g/mol. The third-order valence-corrected chi connectivity index (χ3v) is 6.71. The molecule has 0 saturated carbocycles. The van der Waals surface area contributed by atoms with Gasteiger partial charge in [-0.1, -0.05) is 117 Å².